The lowest BCUT2D eigenvalue weighted by atomic mass is 10.2. The van der Waals surface area contributed by atoms with E-state index in [1.807, 2.05) is 23.6 Å². The SMILES string of the molecule is COc1ccc(CNC(=O)N(C)Cc2sccc2C)cc1OC. The summed E-state index contributed by atoms with van der Waals surface area (Å²) in [4.78, 5) is 15.1. The molecule has 0 aliphatic rings. The maximum atomic E-state index is 12.2. The Balaban J connectivity index is 1.92. The summed E-state index contributed by atoms with van der Waals surface area (Å²) in [7, 11) is 4.99. The molecule has 1 heterocycles. The Morgan fingerprint density at radius 2 is 1.96 bits per heavy atom. The molecule has 6 heteroatoms. The van der Waals surface area contributed by atoms with Gasteiger partial charge < -0.3 is 19.7 Å². The number of hydrogen-bond donors (Lipinski definition) is 1. The van der Waals surface area contributed by atoms with Crippen LogP contribution in [0.15, 0.2) is 29.6 Å². The summed E-state index contributed by atoms with van der Waals surface area (Å²) in [6.45, 7) is 3.11. The van der Waals surface area contributed by atoms with Crippen molar-refractivity contribution in [1.29, 1.82) is 0 Å². The van der Waals surface area contributed by atoms with Crippen LogP contribution in [0.1, 0.15) is 16.0 Å². The van der Waals surface area contributed by atoms with Gasteiger partial charge in [-0.05, 0) is 41.6 Å². The van der Waals surface area contributed by atoms with Gasteiger partial charge in [0.05, 0.1) is 20.8 Å². The van der Waals surface area contributed by atoms with E-state index < -0.39 is 0 Å². The lowest BCUT2D eigenvalue weighted by Crippen LogP contribution is -2.36. The van der Waals surface area contributed by atoms with Crippen LogP contribution in [0.3, 0.4) is 0 Å². The Labute approximate surface area is 140 Å². The number of carbonyl (C=O) groups excluding carboxylic acids is 1. The van der Waals surface area contributed by atoms with Crippen molar-refractivity contribution in [2.75, 3.05) is 21.3 Å². The van der Waals surface area contributed by atoms with E-state index >= 15 is 0 Å². The van der Waals surface area contributed by atoms with Gasteiger partial charge in [-0.15, -0.1) is 11.3 Å². The first-order chi connectivity index (χ1) is 11.0. The standard InChI is InChI=1S/C17H22N2O3S/c1-12-7-8-23-16(12)11-19(2)17(20)18-10-13-5-6-14(21-3)15(9-13)22-4/h5-9H,10-11H2,1-4H3,(H,18,20). The van der Waals surface area contributed by atoms with Crippen LogP contribution >= 0.6 is 11.3 Å². The summed E-state index contributed by atoms with van der Waals surface area (Å²) >= 11 is 1.67. The number of amides is 2. The van der Waals surface area contributed by atoms with E-state index in [1.54, 1.807) is 37.5 Å². The van der Waals surface area contributed by atoms with Gasteiger partial charge in [0, 0.05) is 18.5 Å². The molecular weight excluding hydrogens is 312 g/mol. The molecule has 0 spiro atoms. The first-order valence-electron chi connectivity index (χ1n) is 7.28. The summed E-state index contributed by atoms with van der Waals surface area (Å²) < 4.78 is 10.5. The molecule has 0 bridgehead atoms. The molecule has 0 saturated heterocycles. The highest BCUT2D eigenvalue weighted by Gasteiger charge is 2.11. The van der Waals surface area contributed by atoms with Crippen LogP contribution in [0.25, 0.3) is 0 Å². The number of hydrogen-bond acceptors (Lipinski definition) is 4. The van der Waals surface area contributed by atoms with Gasteiger partial charge in [-0.1, -0.05) is 6.07 Å². The first kappa shape index (κ1) is 17.1. The maximum Gasteiger partial charge on any atom is 0.317 e. The number of methoxy groups -OCH3 is 2. The summed E-state index contributed by atoms with van der Waals surface area (Å²) in [5.74, 6) is 1.33. The van der Waals surface area contributed by atoms with Crippen molar-refractivity contribution in [3.8, 4) is 11.5 Å². The number of aryl methyl sites for hydroxylation is 1. The molecule has 1 N–H and O–H groups in total. The summed E-state index contributed by atoms with van der Waals surface area (Å²) in [5, 5.41) is 4.96. The van der Waals surface area contributed by atoms with Gasteiger partial charge in [0.1, 0.15) is 0 Å². The van der Waals surface area contributed by atoms with Crippen LogP contribution in [0, 0.1) is 6.92 Å². The average Bonchev–Trinajstić information content (AvgIpc) is 2.97. The smallest absolute Gasteiger partial charge is 0.317 e. The molecular formula is C17H22N2O3S. The minimum Gasteiger partial charge on any atom is -0.493 e. The number of urea groups is 1. The molecule has 0 atom stereocenters. The fourth-order valence-electron chi connectivity index (χ4n) is 2.16. The quantitative estimate of drug-likeness (QED) is 0.881. The van der Waals surface area contributed by atoms with E-state index in [-0.39, 0.29) is 6.03 Å². The van der Waals surface area contributed by atoms with Crippen LogP contribution in [0.4, 0.5) is 4.79 Å². The van der Waals surface area contributed by atoms with E-state index in [4.69, 9.17) is 9.47 Å². The van der Waals surface area contributed by atoms with Crippen molar-refractivity contribution < 1.29 is 14.3 Å². The number of nitrogens with zero attached hydrogens (tertiary/aromatic N) is 1. The lowest BCUT2D eigenvalue weighted by Gasteiger charge is -2.18. The van der Waals surface area contributed by atoms with Gasteiger partial charge in [0.2, 0.25) is 0 Å². The number of benzene rings is 1. The molecule has 124 valence electrons. The van der Waals surface area contributed by atoms with Gasteiger partial charge in [0.25, 0.3) is 0 Å². The van der Waals surface area contributed by atoms with Crippen LogP contribution in [-0.2, 0) is 13.1 Å². The Morgan fingerprint density at radius 3 is 2.57 bits per heavy atom. The van der Waals surface area contributed by atoms with Gasteiger partial charge in [-0.2, -0.15) is 0 Å². The third kappa shape index (κ3) is 4.39. The van der Waals surface area contributed by atoms with Crippen molar-refractivity contribution in [3.63, 3.8) is 0 Å². The van der Waals surface area contributed by atoms with Crippen LogP contribution in [-0.4, -0.2) is 32.2 Å². The highest BCUT2D eigenvalue weighted by Crippen LogP contribution is 2.27. The van der Waals surface area contributed by atoms with Crippen LogP contribution in [0.5, 0.6) is 11.5 Å². The fourth-order valence-corrected chi connectivity index (χ4v) is 3.12. The number of thiophene rings is 1. The zero-order valence-electron chi connectivity index (χ0n) is 13.9. The Kier molecular flexibility index (Phi) is 5.87. The molecule has 0 aliphatic carbocycles. The predicted octanol–water partition coefficient (Wildman–Crippen LogP) is 3.42. The minimum atomic E-state index is -0.104. The highest BCUT2D eigenvalue weighted by atomic mass is 32.1. The van der Waals surface area contributed by atoms with Crippen molar-refractivity contribution in [2.24, 2.45) is 0 Å². The van der Waals surface area contributed by atoms with E-state index in [9.17, 15) is 4.79 Å². The number of nitrogens with one attached hydrogen (secondary N) is 1. The third-order valence-corrected chi connectivity index (χ3v) is 4.60. The molecule has 23 heavy (non-hydrogen) atoms. The molecule has 0 fully saturated rings. The molecule has 1 aromatic carbocycles. The second kappa shape index (κ2) is 7.87. The summed E-state index contributed by atoms with van der Waals surface area (Å²) in [6.07, 6.45) is 0. The molecule has 2 aromatic rings. The Morgan fingerprint density at radius 1 is 1.22 bits per heavy atom. The highest BCUT2D eigenvalue weighted by molar-refractivity contribution is 7.10. The largest absolute Gasteiger partial charge is 0.493 e. The molecule has 1 aromatic heterocycles. The Hall–Kier alpha value is -2.21. The summed E-state index contributed by atoms with van der Waals surface area (Å²) in [5.41, 5.74) is 2.17. The Bertz CT molecular complexity index is 670. The predicted molar refractivity (Wildman–Crippen MR) is 92.3 cm³/mol. The van der Waals surface area contributed by atoms with E-state index in [0.29, 0.717) is 24.6 Å². The van der Waals surface area contributed by atoms with Crippen molar-refractivity contribution in [2.45, 2.75) is 20.0 Å². The van der Waals surface area contributed by atoms with E-state index in [1.165, 1.54) is 10.4 Å². The van der Waals surface area contributed by atoms with Crippen LogP contribution < -0.4 is 14.8 Å². The molecule has 0 unspecified atom stereocenters. The summed E-state index contributed by atoms with van der Waals surface area (Å²) in [6, 6.07) is 7.56. The normalized spacial score (nSPS) is 10.3. The number of rotatable bonds is 6. The fraction of sp³-hybridized carbons (Fsp3) is 0.353. The van der Waals surface area contributed by atoms with Crippen LogP contribution in [0.2, 0.25) is 0 Å². The second-order valence-corrected chi connectivity index (χ2v) is 6.23. The zero-order chi connectivity index (χ0) is 16.8. The van der Waals surface area contributed by atoms with E-state index in [0.717, 1.165) is 5.56 Å². The molecule has 0 radical (unpaired) electrons. The average molecular weight is 334 g/mol. The van der Waals surface area contributed by atoms with Gasteiger partial charge in [0.15, 0.2) is 11.5 Å². The molecule has 2 amide bonds. The lowest BCUT2D eigenvalue weighted by molar-refractivity contribution is 0.207. The first-order valence-corrected chi connectivity index (χ1v) is 8.16. The molecule has 0 aliphatic heterocycles. The third-order valence-electron chi connectivity index (χ3n) is 3.59. The van der Waals surface area contributed by atoms with Crippen molar-refractivity contribution in [3.05, 3.63) is 45.6 Å². The maximum absolute atomic E-state index is 12.2. The van der Waals surface area contributed by atoms with Gasteiger partial charge in [-0.25, -0.2) is 4.79 Å². The zero-order valence-corrected chi connectivity index (χ0v) is 14.7. The van der Waals surface area contributed by atoms with Gasteiger partial charge in [-0.3, -0.25) is 0 Å². The topological polar surface area (TPSA) is 50.8 Å². The molecule has 2 rings (SSSR count). The monoisotopic (exact) mass is 334 g/mol. The van der Waals surface area contributed by atoms with Crippen molar-refractivity contribution in [1.82, 2.24) is 10.2 Å². The van der Waals surface area contributed by atoms with Crippen molar-refractivity contribution >= 4 is 17.4 Å². The molecule has 5 nitrogen and oxygen atoms in total. The van der Waals surface area contributed by atoms with E-state index in [2.05, 4.69) is 18.3 Å². The van der Waals surface area contributed by atoms with Gasteiger partial charge >= 0.3 is 6.03 Å². The number of ether oxygens (including phenoxy) is 2. The minimum absolute atomic E-state index is 0.104. The molecule has 0 saturated carbocycles. The second-order valence-electron chi connectivity index (χ2n) is 5.23. The number of carbonyl (C=O) groups is 1.